The molecule has 7 heteroatoms. The molecule has 0 unspecified atom stereocenters. The first-order valence-corrected chi connectivity index (χ1v) is 10.4. The molecule has 1 atom stereocenters. The molecule has 5 rings (SSSR count). The van der Waals surface area contributed by atoms with Crippen molar-refractivity contribution in [1.29, 1.82) is 0 Å². The highest BCUT2D eigenvalue weighted by atomic mass is 19.1. The summed E-state index contributed by atoms with van der Waals surface area (Å²) >= 11 is 0. The first-order chi connectivity index (χ1) is 15.2. The Kier molecular flexibility index (Phi) is 5.26. The largest absolute Gasteiger partial charge is 0.489 e. The number of aromatic nitrogens is 3. The Morgan fingerprint density at radius 1 is 1.16 bits per heavy atom. The second kappa shape index (κ2) is 8.35. The van der Waals surface area contributed by atoms with Gasteiger partial charge in [0.15, 0.2) is 5.65 Å². The van der Waals surface area contributed by atoms with Crippen LogP contribution >= 0.6 is 0 Å². The van der Waals surface area contributed by atoms with Crippen LogP contribution < -0.4 is 15.0 Å². The summed E-state index contributed by atoms with van der Waals surface area (Å²) in [6.07, 6.45) is 3.10. The number of nitrogens with zero attached hydrogens (tertiary/aromatic N) is 4. The summed E-state index contributed by atoms with van der Waals surface area (Å²) in [6, 6.07) is 18.6. The molecule has 1 N–H and O–H groups in total. The third-order valence-corrected chi connectivity index (χ3v) is 5.52. The van der Waals surface area contributed by atoms with E-state index in [9.17, 15) is 4.39 Å². The highest BCUT2D eigenvalue weighted by Crippen LogP contribution is 2.25. The number of hydrogen-bond donors (Lipinski definition) is 1. The van der Waals surface area contributed by atoms with Crippen molar-refractivity contribution in [2.45, 2.75) is 19.1 Å². The molecule has 0 saturated carbocycles. The van der Waals surface area contributed by atoms with Crippen LogP contribution in [0.25, 0.3) is 16.9 Å². The zero-order valence-electron chi connectivity index (χ0n) is 17.3. The van der Waals surface area contributed by atoms with Gasteiger partial charge in [0.2, 0.25) is 0 Å². The fourth-order valence-electron chi connectivity index (χ4n) is 3.88. The zero-order valence-corrected chi connectivity index (χ0v) is 17.3. The summed E-state index contributed by atoms with van der Waals surface area (Å²) in [5, 5.41) is 8.09. The molecule has 0 aliphatic carbocycles. The molecule has 1 fully saturated rings. The van der Waals surface area contributed by atoms with Gasteiger partial charge in [0.05, 0.1) is 11.9 Å². The van der Waals surface area contributed by atoms with Gasteiger partial charge in [-0.15, -0.1) is 5.10 Å². The van der Waals surface area contributed by atoms with Gasteiger partial charge in [0.25, 0.3) is 0 Å². The molecular weight excluding hydrogens is 393 g/mol. The Balaban J connectivity index is 1.38. The standard InChI is InChI=1S/C24H24FN5O/c1-29(16-17-3-2-4-19(25)13-17)24-10-9-23-27-15-22(30(23)28-24)18-5-7-20(8-6-18)31-21-11-12-26-14-21/h2-10,13,15,21,26H,11-12,14,16H2,1H3/t21-/m1/s1. The van der Waals surface area contributed by atoms with E-state index in [1.165, 1.54) is 6.07 Å². The number of hydrogen-bond acceptors (Lipinski definition) is 5. The summed E-state index contributed by atoms with van der Waals surface area (Å²) in [7, 11) is 1.94. The molecular formula is C24H24FN5O. The Labute approximate surface area is 180 Å². The minimum Gasteiger partial charge on any atom is -0.489 e. The molecule has 31 heavy (non-hydrogen) atoms. The second-order valence-corrected chi connectivity index (χ2v) is 7.85. The van der Waals surface area contributed by atoms with Gasteiger partial charge in [-0.25, -0.2) is 13.9 Å². The first kappa shape index (κ1) is 19.5. The van der Waals surface area contributed by atoms with Crippen molar-refractivity contribution in [1.82, 2.24) is 19.9 Å². The molecule has 158 valence electrons. The average Bonchev–Trinajstić information content (AvgIpc) is 3.44. The van der Waals surface area contributed by atoms with Crippen LogP contribution in [0.3, 0.4) is 0 Å². The van der Waals surface area contributed by atoms with Crippen LogP contribution in [-0.2, 0) is 6.54 Å². The molecule has 0 radical (unpaired) electrons. The monoisotopic (exact) mass is 417 g/mol. The van der Waals surface area contributed by atoms with Gasteiger partial charge in [-0.1, -0.05) is 12.1 Å². The number of fused-ring (bicyclic) bond motifs is 1. The van der Waals surface area contributed by atoms with Crippen LogP contribution in [0.4, 0.5) is 10.2 Å². The molecule has 3 heterocycles. The Bertz CT molecular complexity index is 1180. The summed E-state index contributed by atoms with van der Waals surface area (Å²) in [5.41, 5.74) is 3.59. The number of anilines is 1. The lowest BCUT2D eigenvalue weighted by molar-refractivity contribution is 0.223. The van der Waals surface area contributed by atoms with Gasteiger partial charge in [0.1, 0.15) is 23.5 Å². The van der Waals surface area contributed by atoms with Crippen molar-refractivity contribution in [2.75, 3.05) is 25.0 Å². The number of nitrogens with one attached hydrogen (secondary N) is 1. The number of imidazole rings is 1. The van der Waals surface area contributed by atoms with Crippen LogP contribution in [0.1, 0.15) is 12.0 Å². The van der Waals surface area contributed by atoms with Crippen LogP contribution in [0.15, 0.2) is 66.9 Å². The normalized spacial score (nSPS) is 16.0. The molecule has 1 aliphatic heterocycles. The lowest BCUT2D eigenvalue weighted by atomic mass is 10.1. The smallest absolute Gasteiger partial charge is 0.154 e. The van der Waals surface area contributed by atoms with Crippen molar-refractivity contribution >= 4 is 11.5 Å². The third-order valence-electron chi connectivity index (χ3n) is 5.52. The van der Waals surface area contributed by atoms with E-state index in [1.54, 1.807) is 12.1 Å². The van der Waals surface area contributed by atoms with E-state index in [-0.39, 0.29) is 11.9 Å². The predicted molar refractivity (Wildman–Crippen MR) is 119 cm³/mol. The van der Waals surface area contributed by atoms with Gasteiger partial charge in [-0.3, -0.25) is 0 Å². The third kappa shape index (κ3) is 4.22. The summed E-state index contributed by atoms with van der Waals surface area (Å²) < 4.78 is 21.4. The van der Waals surface area contributed by atoms with Crippen molar-refractivity contribution in [3.05, 3.63) is 78.2 Å². The number of ether oxygens (including phenoxy) is 1. The van der Waals surface area contributed by atoms with Gasteiger partial charge >= 0.3 is 0 Å². The minimum absolute atomic E-state index is 0.233. The second-order valence-electron chi connectivity index (χ2n) is 7.85. The molecule has 1 aliphatic rings. The summed E-state index contributed by atoms with van der Waals surface area (Å²) in [6.45, 7) is 2.46. The molecule has 1 saturated heterocycles. The van der Waals surface area contributed by atoms with E-state index in [0.717, 1.165) is 53.5 Å². The van der Waals surface area contributed by atoms with Crippen molar-refractivity contribution in [3.8, 4) is 17.0 Å². The quantitative estimate of drug-likeness (QED) is 0.516. The van der Waals surface area contributed by atoms with Gasteiger partial charge in [-0.2, -0.15) is 0 Å². The first-order valence-electron chi connectivity index (χ1n) is 10.4. The fraction of sp³-hybridized carbons (Fsp3) is 0.250. The average molecular weight is 417 g/mol. The highest BCUT2D eigenvalue weighted by Gasteiger charge is 2.16. The molecule has 4 aromatic rings. The molecule has 0 bridgehead atoms. The zero-order chi connectivity index (χ0) is 21.2. The van der Waals surface area contributed by atoms with Gasteiger partial charge < -0.3 is 15.0 Å². The van der Waals surface area contributed by atoms with Crippen molar-refractivity contribution in [2.24, 2.45) is 0 Å². The maximum Gasteiger partial charge on any atom is 0.154 e. The number of rotatable bonds is 6. The van der Waals surface area contributed by atoms with Crippen molar-refractivity contribution in [3.63, 3.8) is 0 Å². The van der Waals surface area contributed by atoms with Crippen LogP contribution in [-0.4, -0.2) is 40.8 Å². The molecule has 2 aromatic heterocycles. The van der Waals surface area contributed by atoms with Gasteiger partial charge in [-0.05, 0) is 67.1 Å². The maximum atomic E-state index is 13.5. The lowest BCUT2D eigenvalue weighted by Crippen LogP contribution is -2.19. The Morgan fingerprint density at radius 3 is 2.81 bits per heavy atom. The molecule has 0 spiro atoms. The van der Waals surface area contributed by atoms with E-state index in [2.05, 4.69) is 10.3 Å². The van der Waals surface area contributed by atoms with Crippen LogP contribution in [0.5, 0.6) is 5.75 Å². The van der Waals surface area contributed by atoms with E-state index in [0.29, 0.717) is 6.54 Å². The van der Waals surface area contributed by atoms with E-state index < -0.39 is 0 Å². The number of halogens is 1. The van der Waals surface area contributed by atoms with Crippen LogP contribution in [0, 0.1) is 5.82 Å². The Hall–Kier alpha value is -3.45. The fourth-order valence-corrected chi connectivity index (χ4v) is 3.88. The van der Waals surface area contributed by atoms with Crippen LogP contribution in [0.2, 0.25) is 0 Å². The topological polar surface area (TPSA) is 54.7 Å². The minimum atomic E-state index is -0.233. The molecule has 6 nitrogen and oxygen atoms in total. The van der Waals surface area contributed by atoms with Gasteiger partial charge in [0, 0.05) is 25.7 Å². The van der Waals surface area contributed by atoms with Crippen molar-refractivity contribution < 1.29 is 9.13 Å². The summed E-state index contributed by atoms with van der Waals surface area (Å²) in [5.74, 6) is 1.42. The molecule has 2 aromatic carbocycles. The Morgan fingerprint density at radius 2 is 2.03 bits per heavy atom. The highest BCUT2D eigenvalue weighted by molar-refractivity contribution is 5.64. The predicted octanol–water partition coefficient (Wildman–Crippen LogP) is 3.91. The summed E-state index contributed by atoms with van der Waals surface area (Å²) in [4.78, 5) is 6.48. The van der Waals surface area contributed by atoms with E-state index in [4.69, 9.17) is 9.84 Å². The lowest BCUT2D eigenvalue weighted by Gasteiger charge is -2.18. The SMILES string of the molecule is CN(Cc1cccc(F)c1)c1ccc2ncc(-c3ccc(O[C@@H]4CCNC4)cc3)n2n1. The van der Waals surface area contributed by atoms with E-state index in [1.807, 2.05) is 65.1 Å². The molecule has 0 amide bonds. The number of benzene rings is 2. The van der Waals surface area contributed by atoms with E-state index >= 15 is 0 Å². The maximum absolute atomic E-state index is 13.5.